The third-order valence-corrected chi connectivity index (χ3v) is 4.62. The molecule has 1 aliphatic rings. The highest BCUT2D eigenvalue weighted by Gasteiger charge is 2.11. The standard InChI is InChI=1S/C21H27N3O2/c1-23(2)19-10-6-18(7-11-19)22-21(25)12-5-17-3-8-20(9-4-17)24-13-15-26-16-14-24/h3-4,6-11H,5,12-16H2,1-2H3,(H,22,25). The van der Waals surface area contributed by atoms with E-state index in [0.717, 1.165) is 44.1 Å². The second kappa shape index (κ2) is 8.72. The van der Waals surface area contributed by atoms with Crippen LogP contribution < -0.4 is 15.1 Å². The fourth-order valence-corrected chi connectivity index (χ4v) is 3.02. The predicted molar refractivity (Wildman–Crippen MR) is 107 cm³/mol. The molecule has 0 aromatic heterocycles. The quantitative estimate of drug-likeness (QED) is 0.866. The Kier molecular flexibility index (Phi) is 6.12. The van der Waals surface area contributed by atoms with Crippen LogP contribution in [0.25, 0.3) is 0 Å². The third-order valence-electron chi connectivity index (χ3n) is 4.62. The molecule has 1 fully saturated rings. The van der Waals surface area contributed by atoms with Crippen LogP contribution in [0.2, 0.25) is 0 Å². The van der Waals surface area contributed by atoms with Crippen molar-refractivity contribution < 1.29 is 9.53 Å². The van der Waals surface area contributed by atoms with Gasteiger partial charge in [0, 0.05) is 50.7 Å². The molecular weight excluding hydrogens is 326 g/mol. The van der Waals surface area contributed by atoms with Gasteiger partial charge in [0.2, 0.25) is 5.91 Å². The van der Waals surface area contributed by atoms with Crippen molar-refractivity contribution in [3.8, 4) is 0 Å². The molecule has 3 rings (SSSR count). The summed E-state index contributed by atoms with van der Waals surface area (Å²) in [6.07, 6.45) is 1.22. The molecular formula is C21H27N3O2. The number of carbonyl (C=O) groups is 1. The van der Waals surface area contributed by atoms with Gasteiger partial charge in [-0.1, -0.05) is 12.1 Å². The Morgan fingerprint density at radius 2 is 1.69 bits per heavy atom. The number of hydrogen-bond donors (Lipinski definition) is 1. The first kappa shape index (κ1) is 18.3. The molecule has 0 atom stereocenters. The number of carbonyl (C=O) groups excluding carboxylic acids is 1. The SMILES string of the molecule is CN(C)c1ccc(NC(=O)CCc2ccc(N3CCOCC3)cc2)cc1. The summed E-state index contributed by atoms with van der Waals surface area (Å²) in [4.78, 5) is 16.5. The summed E-state index contributed by atoms with van der Waals surface area (Å²) < 4.78 is 5.39. The van der Waals surface area contributed by atoms with Crippen molar-refractivity contribution in [1.29, 1.82) is 0 Å². The number of aryl methyl sites for hydroxylation is 1. The number of amides is 1. The largest absolute Gasteiger partial charge is 0.378 e. The van der Waals surface area contributed by atoms with Crippen molar-refractivity contribution in [1.82, 2.24) is 0 Å². The molecule has 0 unspecified atom stereocenters. The first-order chi connectivity index (χ1) is 12.6. The Balaban J connectivity index is 1.48. The van der Waals surface area contributed by atoms with E-state index in [4.69, 9.17) is 4.74 Å². The zero-order valence-electron chi connectivity index (χ0n) is 15.6. The molecule has 0 saturated carbocycles. The minimum Gasteiger partial charge on any atom is -0.378 e. The average Bonchev–Trinajstić information content (AvgIpc) is 2.68. The summed E-state index contributed by atoms with van der Waals surface area (Å²) in [5, 5.41) is 2.96. The minimum absolute atomic E-state index is 0.0415. The maximum absolute atomic E-state index is 12.2. The Morgan fingerprint density at radius 3 is 2.31 bits per heavy atom. The maximum Gasteiger partial charge on any atom is 0.224 e. The number of nitrogens with zero attached hydrogens (tertiary/aromatic N) is 2. The number of ether oxygens (including phenoxy) is 1. The van der Waals surface area contributed by atoms with Crippen molar-refractivity contribution in [2.24, 2.45) is 0 Å². The topological polar surface area (TPSA) is 44.8 Å². The van der Waals surface area contributed by atoms with E-state index in [1.165, 1.54) is 11.3 Å². The summed E-state index contributed by atoms with van der Waals surface area (Å²) in [6, 6.07) is 16.4. The highest BCUT2D eigenvalue weighted by molar-refractivity contribution is 5.91. The predicted octanol–water partition coefficient (Wildman–Crippen LogP) is 3.16. The van der Waals surface area contributed by atoms with Crippen molar-refractivity contribution in [2.75, 3.05) is 55.5 Å². The van der Waals surface area contributed by atoms with Gasteiger partial charge >= 0.3 is 0 Å². The number of anilines is 3. The van der Waals surface area contributed by atoms with Crippen LogP contribution in [0, 0.1) is 0 Å². The molecule has 138 valence electrons. The van der Waals surface area contributed by atoms with Crippen LogP contribution in [0.5, 0.6) is 0 Å². The van der Waals surface area contributed by atoms with Gasteiger partial charge in [0.25, 0.3) is 0 Å². The van der Waals surface area contributed by atoms with Crippen molar-refractivity contribution in [3.63, 3.8) is 0 Å². The molecule has 0 bridgehead atoms. The molecule has 2 aromatic rings. The van der Waals surface area contributed by atoms with Gasteiger partial charge in [-0.15, -0.1) is 0 Å². The zero-order valence-corrected chi connectivity index (χ0v) is 15.6. The highest BCUT2D eigenvalue weighted by atomic mass is 16.5. The van der Waals surface area contributed by atoms with E-state index in [9.17, 15) is 4.79 Å². The minimum atomic E-state index is 0.0415. The van der Waals surface area contributed by atoms with Crippen LogP contribution in [0.3, 0.4) is 0 Å². The molecule has 26 heavy (non-hydrogen) atoms. The van der Waals surface area contributed by atoms with Gasteiger partial charge in [0.15, 0.2) is 0 Å². The number of rotatable bonds is 6. The molecule has 5 heteroatoms. The smallest absolute Gasteiger partial charge is 0.224 e. The molecule has 0 radical (unpaired) electrons. The molecule has 1 heterocycles. The Hall–Kier alpha value is -2.53. The molecule has 5 nitrogen and oxygen atoms in total. The van der Waals surface area contributed by atoms with Gasteiger partial charge in [0.05, 0.1) is 13.2 Å². The lowest BCUT2D eigenvalue weighted by atomic mass is 10.1. The van der Waals surface area contributed by atoms with Crippen molar-refractivity contribution in [2.45, 2.75) is 12.8 Å². The fraction of sp³-hybridized carbons (Fsp3) is 0.381. The van der Waals surface area contributed by atoms with E-state index in [2.05, 4.69) is 34.5 Å². The fourth-order valence-electron chi connectivity index (χ4n) is 3.02. The molecule has 0 spiro atoms. The average molecular weight is 353 g/mol. The van der Waals surface area contributed by atoms with E-state index in [0.29, 0.717) is 6.42 Å². The summed E-state index contributed by atoms with van der Waals surface area (Å²) in [5.74, 6) is 0.0415. The second-order valence-electron chi connectivity index (χ2n) is 6.76. The number of nitrogens with one attached hydrogen (secondary N) is 1. The number of benzene rings is 2. The van der Waals surface area contributed by atoms with Crippen LogP contribution in [-0.2, 0) is 16.0 Å². The monoisotopic (exact) mass is 353 g/mol. The normalized spacial score (nSPS) is 14.2. The lowest BCUT2D eigenvalue weighted by Gasteiger charge is -2.28. The lowest BCUT2D eigenvalue weighted by molar-refractivity contribution is -0.116. The molecule has 1 saturated heterocycles. The van der Waals surface area contributed by atoms with Crippen LogP contribution in [0.4, 0.5) is 17.1 Å². The van der Waals surface area contributed by atoms with Crippen molar-refractivity contribution in [3.05, 3.63) is 54.1 Å². The van der Waals surface area contributed by atoms with Gasteiger partial charge in [-0.3, -0.25) is 4.79 Å². The summed E-state index contributed by atoms with van der Waals surface area (Å²) in [7, 11) is 4.00. The first-order valence-electron chi connectivity index (χ1n) is 9.11. The first-order valence-corrected chi connectivity index (χ1v) is 9.11. The number of hydrogen-bond acceptors (Lipinski definition) is 4. The summed E-state index contributed by atoms with van der Waals surface area (Å²) in [5.41, 5.74) is 4.36. The Morgan fingerprint density at radius 1 is 1.04 bits per heavy atom. The molecule has 1 amide bonds. The van der Waals surface area contributed by atoms with Crippen LogP contribution in [0.1, 0.15) is 12.0 Å². The van der Waals surface area contributed by atoms with Crippen molar-refractivity contribution >= 4 is 23.0 Å². The molecule has 1 N–H and O–H groups in total. The van der Waals surface area contributed by atoms with Gasteiger partial charge < -0.3 is 19.9 Å². The Labute approximate surface area is 155 Å². The van der Waals surface area contributed by atoms with Crippen LogP contribution in [0.15, 0.2) is 48.5 Å². The van der Waals surface area contributed by atoms with E-state index >= 15 is 0 Å². The van der Waals surface area contributed by atoms with Gasteiger partial charge in [-0.25, -0.2) is 0 Å². The molecule has 0 aliphatic carbocycles. The van der Waals surface area contributed by atoms with E-state index in [1.807, 2.05) is 43.3 Å². The van der Waals surface area contributed by atoms with Gasteiger partial charge in [-0.05, 0) is 48.4 Å². The van der Waals surface area contributed by atoms with E-state index < -0.39 is 0 Å². The van der Waals surface area contributed by atoms with E-state index in [-0.39, 0.29) is 5.91 Å². The van der Waals surface area contributed by atoms with Crippen LogP contribution >= 0.6 is 0 Å². The molecule has 2 aromatic carbocycles. The summed E-state index contributed by atoms with van der Waals surface area (Å²) >= 11 is 0. The second-order valence-corrected chi connectivity index (χ2v) is 6.76. The Bertz CT molecular complexity index is 705. The maximum atomic E-state index is 12.2. The lowest BCUT2D eigenvalue weighted by Crippen LogP contribution is -2.36. The number of morpholine rings is 1. The third kappa shape index (κ3) is 4.99. The highest BCUT2D eigenvalue weighted by Crippen LogP contribution is 2.18. The molecule has 1 aliphatic heterocycles. The summed E-state index contributed by atoms with van der Waals surface area (Å²) in [6.45, 7) is 3.46. The van der Waals surface area contributed by atoms with Gasteiger partial charge in [0.1, 0.15) is 0 Å². The zero-order chi connectivity index (χ0) is 18.4. The van der Waals surface area contributed by atoms with E-state index in [1.54, 1.807) is 0 Å². The van der Waals surface area contributed by atoms with Crippen LogP contribution in [-0.4, -0.2) is 46.3 Å². The van der Waals surface area contributed by atoms with Gasteiger partial charge in [-0.2, -0.15) is 0 Å².